The molecule has 0 bridgehead atoms. The van der Waals surface area contributed by atoms with Gasteiger partial charge in [0, 0.05) is 32.5 Å². The molecular weight excluding hydrogens is 180 g/mol. The molecule has 0 spiro atoms. The predicted molar refractivity (Wildman–Crippen MR) is 54.1 cm³/mol. The molecule has 1 rings (SSSR count). The van der Waals surface area contributed by atoms with Gasteiger partial charge in [-0.1, -0.05) is 6.92 Å². The van der Waals surface area contributed by atoms with Gasteiger partial charge in [-0.15, -0.1) is 0 Å². The van der Waals surface area contributed by atoms with E-state index in [0.717, 1.165) is 13.1 Å². The number of imidazole rings is 1. The number of aromatic nitrogens is 2. The minimum absolute atomic E-state index is 0.129. The third kappa shape index (κ3) is 2.85. The van der Waals surface area contributed by atoms with Gasteiger partial charge in [0.2, 0.25) is 0 Å². The van der Waals surface area contributed by atoms with E-state index in [2.05, 4.69) is 15.6 Å². The van der Waals surface area contributed by atoms with Crippen molar-refractivity contribution in [2.45, 2.75) is 6.92 Å². The van der Waals surface area contributed by atoms with E-state index >= 15 is 0 Å². The van der Waals surface area contributed by atoms with Crippen LogP contribution in [0.2, 0.25) is 0 Å². The van der Waals surface area contributed by atoms with Gasteiger partial charge in [0.05, 0.1) is 0 Å². The molecule has 1 heterocycles. The monoisotopic (exact) mass is 196 g/mol. The molecule has 14 heavy (non-hydrogen) atoms. The van der Waals surface area contributed by atoms with E-state index in [4.69, 9.17) is 0 Å². The number of hydrogen-bond donors (Lipinski definition) is 2. The summed E-state index contributed by atoms with van der Waals surface area (Å²) in [6.45, 7) is 4.35. The molecule has 0 atom stereocenters. The molecule has 5 nitrogen and oxygen atoms in total. The molecule has 1 aromatic rings. The Morgan fingerprint density at radius 2 is 2.36 bits per heavy atom. The summed E-state index contributed by atoms with van der Waals surface area (Å²) in [5.74, 6) is 0.317. The SMILES string of the molecule is CCNCCNC(=O)c1nccn1C. The lowest BCUT2D eigenvalue weighted by Gasteiger charge is -2.04. The highest BCUT2D eigenvalue weighted by molar-refractivity contribution is 5.90. The normalized spacial score (nSPS) is 10.1. The third-order valence-electron chi connectivity index (χ3n) is 1.86. The fraction of sp³-hybridized carbons (Fsp3) is 0.556. The second kappa shape index (κ2) is 5.39. The highest BCUT2D eigenvalue weighted by atomic mass is 16.2. The molecule has 1 amide bonds. The van der Waals surface area contributed by atoms with E-state index in [1.165, 1.54) is 0 Å². The van der Waals surface area contributed by atoms with Crippen LogP contribution in [0.15, 0.2) is 12.4 Å². The highest BCUT2D eigenvalue weighted by Gasteiger charge is 2.08. The minimum atomic E-state index is -0.129. The molecule has 0 saturated carbocycles. The first kappa shape index (κ1) is 10.7. The Morgan fingerprint density at radius 1 is 1.57 bits per heavy atom. The van der Waals surface area contributed by atoms with Crippen LogP contribution in [0.3, 0.4) is 0 Å². The minimum Gasteiger partial charge on any atom is -0.348 e. The fourth-order valence-corrected chi connectivity index (χ4v) is 1.10. The first-order valence-corrected chi connectivity index (χ1v) is 4.72. The Labute approximate surface area is 83.5 Å². The number of amides is 1. The summed E-state index contributed by atoms with van der Waals surface area (Å²) >= 11 is 0. The summed E-state index contributed by atoms with van der Waals surface area (Å²) in [5.41, 5.74) is 0. The number of rotatable bonds is 5. The van der Waals surface area contributed by atoms with Crippen LogP contribution in [0.1, 0.15) is 17.5 Å². The molecule has 0 fully saturated rings. The van der Waals surface area contributed by atoms with Gasteiger partial charge in [-0.25, -0.2) is 4.98 Å². The Bertz CT molecular complexity index is 295. The quantitative estimate of drug-likeness (QED) is 0.639. The molecule has 2 N–H and O–H groups in total. The molecule has 5 heteroatoms. The van der Waals surface area contributed by atoms with Crippen molar-refractivity contribution in [1.82, 2.24) is 20.2 Å². The zero-order valence-corrected chi connectivity index (χ0v) is 8.58. The van der Waals surface area contributed by atoms with Crippen LogP contribution in [0, 0.1) is 0 Å². The molecule has 0 aliphatic rings. The summed E-state index contributed by atoms with van der Waals surface area (Å²) in [6.07, 6.45) is 3.36. The average Bonchev–Trinajstić information content (AvgIpc) is 2.59. The van der Waals surface area contributed by atoms with Gasteiger partial charge in [0.25, 0.3) is 5.91 Å². The van der Waals surface area contributed by atoms with Crippen LogP contribution < -0.4 is 10.6 Å². The van der Waals surface area contributed by atoms with Gasteiger partial charge in [-0.2, -0.15) is 0 Å². The van der Waals surface area contributed by atoms with E-state index < -0.39 is 0 Å². The molecule has 0 saturated heterocycles. The summed E-state index contributed by atoms with van der Waals surface area (Å²) in [7, 11) is 1.80. The summed E-state index contributed by atoms with van der Waals surface area (Å²) in [4.78, 5) is 15.4. The molecule has 78 valence electrons. The van der Waals surface area contributed by atoms with Gasteiger partial charge in [0.15, 0.2) is 5.82 Å². The van der Waals surface area contributed by atoms with E-state index in [1.54, 1.807) is 24.0 Å². The summed E-state index contributed by atoms with van der Waals surface area (Å²) in [5, 5.41) is 5.90. The lowest BCUT2D eigenvalue weighted by Crippen LogP contribution is -2.33. The van der Waals surface area contributed by atoms with Crippen molar-refractivity contribution in [2.24, 2.45) is 7.05 Å². The second-order valence-electron chi connectivity index (χ2n) is 2.97. The van der Waals surface area contributed by atoms with Crippen LogP contribution in [0.4, 0.5) is 0 Å². The largest absolute Gasteiger partial charge is 0.348 e. The summed E-state index contributed by atoms with van der Waals surface area (Å²) < 4.78 is 1.70. The Balaban J connectivity index is 2.32. The van der Waals surface area contributed by atoms with E-state index in [0.29, 0.717) is 12.4 Å². The van der Waals surface area contributed by atoms with Crippen LogP contribution in [0.5, 0.6) is 0 Å². The molecular formula is C9H16N4O. The van der Waals surface area contributed by atoms with Gasteiger partial charge >= 0.3 is 0 Å². The van der Waals surface area contributed by atoms with Crippen LogP contribution in [0.25, 0.3) is 0 Å². The first-order chi connectivity index (χ1) is 6.75. The highest BCUT2D eigenvalue weighted by Crippen LogP contribution is 1.92. The average molecular weight is 196 g/mol. The van der Waals surface area contributed by atoms with Crippen molar-refractivity contribution < 1.29 is 4.79 Å². The van der Waals surface area contributed by atoms with Crippen LogP contribution >= 0.6 is 0 Å². The zero-order valence-electron chi connectivity index (χ0n) is 8.58. The number of aryl methyl sites for hydroxylation is 1. The van der Waals surface area contributed by atoms with E-state index in [9.17, 15) is 4.79 Å². The molecule has 0 unspecified atom stereocenters. The van der Waals surface area contributed by atoms with Crippen molar-refractivity contribution in [3.63, 3.8) is 0 Å². The van der Waals surface area contributed by atoms with Crippen molar-refractivity contribution >= 4 is 5.91 Å². The zero-order chi connectivity index (χ0) is 10.4. The van der Waals surface area contributed by atoms with E-state index in [1.807, 2.05) is 6.92 Å². The van der Waals surface area contributed by atoms with Gasteiger partial charge in [0.1, 0.15) is 0 Å². The maximum absolute atomic E-state index is 11.5. The van der Waals surface area contributed by atoms with Crippen molar-refractivity contribution in [3.8, 4) is 0 Å². The maximum Gasteiger partial charge on any atom is 0.287 e. The number of nitrogens with zero attached hydrogens (tertiary/aromatic N) is 2. The van der Waals surface area contributed by atoms with Crippen LogP contribution in [-0.2, 0) is 7.05 Å². The van der Waals surface area contributed by atoms with E-state index in [-0.39, 0.29) is 5.91 Å². The molecule has 0 aliphatic heterocycles. The van der Waals surface area contributed by atoms with Gasteiger partial charge in [-0.05, 0) is 6.54 Å². The lowest BCUT2D eigenvalue weighted by molar-refractivity contribution is 0.0940. The number of nitrogens with one attached hydrogen (secondary N) is 2. The first-order valence-electron chi connectivity index (χ1n) is 4.72. The number of carbonyl (C=O) groups is 1. The number of hydrogen-bond acceptors (Lipinski definition) is 3. The topological polar surface area (TPSA) is 58.9 Å². The Kier molecular flexibility index (Phi) is 4.12. The maximum atomic E-state index is 11.5. The Morgan fingerprint density at radius 3 is 2.93 bits per heavy atom. The molecule has 0 aliphatic carbocycles. The van der Waals surface area contributed by atoms with Crippen LogP contribution in [-0.4, -0.2) is 35.1 Å². The lowest BCUT2D eigenvalue weighted by atomic mass is 10.5. The van der Waals surface area contributed by atoms with Crippen molar-refractivity contribution in [2.75, 3.05) is 19.6 Å². The molecule has 1 aromatic heterocycles. The second-order valence-corrected chi connectivity index (χ2v) is 2.97. The predicted octanol–water partition coefficient (Wildman–Crippen LogP) is -0.241. The Hall–Kier alpha value is -1.36. The molecule has 0 radical (unpaired) electrons. The third-order valence-corrected chi connectivity index (χ3v) is 1.86. The summed E-state index contributed by atoms with van der Waals surface area (Å²) in [6, 6.07) is 0. The van der Waals surface area contributed by atoms with Gasteiger partial charge in [-0.3, -0.25) is 4.79 Å². The fourth-order valence-electron chi connectivity index (χ4n) is 1.10. The number of likely N-dealkylation sites (N-methyl/N-ethyl adjacent to an activating group) is 1. The van der Waals surface area contributed by atoms with Crippen molar-refractivity contribution in [3.05, 3.63) is 18.2 Å². The van der Waals surface area contributed by atoms with Gasteiger partial charge < -0.3 is 15.2 Å². The smallest absolute Gasteiger partial charge is 0.287 e. The standard InChI is InChI=1S/C9H16N4O/c1-3-10-4-5-12-9(14)8-11-6-7-13(8)2/h6-7,10H,3-5H2,1-2H3,(H,12,14). The van der Waals surface area contributed by atoms with Crippen molar-refractivity contribution in [1.29, 1.82) is 0 Å². The number of carbonyl (C=O) groups excluding carboxylic acids is 1. The molecule has 0 aromatic carbocycles.